The van der Waals surface area contributed by atoms with Gasteiger partial charge >= 0.3 is 12.2 Å². The molecule has 322 valence electrons. The summed E-state index contributed by atoms with van der Waals surface area (Å²) in [7, 11) is 2.60. The van der Waals surface area contributed by atoms with E-state index >= 15 is 0 Å². The number of carbonyl (C=O) groups excluding carboxylic acids is 4. The Morgan fingerprint density at radius 2 is 1.33 bits per heavy atom. The zero-order chi connectivity index (χ0) is 43.5. The molecule has 0 unspecified atom stereocenters. The SMILES string of the molecule is COC(=O)N[C@H](C(=O)N1CCC[C@H]1c1nc2ccc3cc(-c4ccc5c(ccc6nc([C@@H]7[C@H]8CC[C@H](C8)N7C(=O)[C@H](NC(=O)OC)c7ccccc7)[nH]c65)c4)ccc3c2[nH]1)C(C)C. The average molecular weight is 847 g/mol. The number of aromatic nitrogens is 4. The van der Waals surface area contributed by atoms with Gasteiger partial charge in [0.1, 0.15) is 23.7 Å². The summed E-state index contributed by atoms with van der Waals surface area (Å²) >= 11 is 0. The van der Waals surface area contributed by atoms with Crippen LogP contribution in [0, 0.1) is 11.8 Å². The molecule has 14 nitrogen and oxygen atoms in total. The molecule has 63 heavy (non-hydrogen) atoms. The van der Waals surface area contributed by atoms with E-state index in [-0.39, 0.29) is 41.8 Å². The fourth-order valence-corrected chi connectivity index (χ4v) is 10.4. The molecule has 10 rings (SSSR count). The van der Waals surface area contributed by atoms with E-state index < -0.39 is 24.3 Å². The molecule has 0 radical (unpaired) electrons. The number of H-pyrrole nitrogens is 2. The van der Waals surface area contributed by atoms with Crippen LogP contribution in [0.2, 0.25) is 0 Å². The van der Waals surface area contributed by atoms with E-state index in [4.69, 9.17) is 19.4 Å². The number of aromatic amines is 2. The minimum Gasteiger partial charge on any atom is -0.453 e. The molecule has 14 heteroatoms. The van der Waals surface area contributed by atoms with Crippen molar-refractivity contribution in [3.63, 3.8) is 0 Å². The summed E-state index contributed by atoms with van der Waals surface area (Å²) in [5.74, 6) is 1.34. The van der Waals surface area contributed by atoms with Gasteiger partial charge in [0.2, 0.25) is 5.91 Å². The monoisotopic (exact) mass is 846 g/mol. The molecule has 6 atom stereocenters. The van der Waals surface area contributed by atoms with E-state index in [1.54, 1.807) is 0 Å². The van der Waals surface area contributed by atoms with Gasteiger partial charge in [-0.1, -0.05) is 80.6 Å². The summed E-state index contributed by atoms with van der Waals surface area (Å²) in [6, 6.07) is 28.5. The summed E-state index contributed by atoms with van der Waals surface area (Å²) in [5.41, 5.74) is 6.36. The Bertz CT molecular complexity index is 2930. The first-order chi connectivity index (χ1) is 30.6. The van der Waals surface area contributed by atoms with E-state index in [9.17, 15) is 19.2 Å². The highest BCUT2D eigenvalue weighted by Crippen LogP contribution is 2.51. The molecular formula is C49H50N8O6. The molecular weight excluding hydrogens is 797 g/mol. The van der Waals surface area contributed by atoms with Gasteiger partial charge in [-0.3, -0.25) is 9.59 Å². The van der Waals surface area contributed by atoms with E-state index in [0.29, 0.717) is 12.1 Å². The lowest BCUT2D eigenvalue weighted by molar-refractivity contribution is -0.138. The van der Waals surface area contributed by atoms with Crippen LogP contribution in [0.15, 0.2) is 91.0 Å². The molecule has 4 amide bonds. The lowest BCUT2D eigenvalue weighted by Gasteiger charge is -2.36. The van der Waals surface area contributed by atoms with Crippen molar-refractivity contribution in [1.29, 1.82) is 0 Å². The van der Waals surface area contributed by atoms with Gasteiger partial charge in [-0.05, 0) is 95.7 Å². The number of hydrogen-bond acceptors (Lipinski definition) is 8. The van der Waals surface area contributed by atoms with Gasteiger partial charge in [-0.25, -0.2) is 19.6 Å². The maximum Gasteiger partial charge on any atom is 0.407 e. The second-order valence-electron chi connectivity index (χ2n) is 17.5. The number of nitrogens with one attached hydrogen (secondary N) is 4. The Kier molecular flexibility index (Phi) is 10.2. The third-order valence-corrected chi connectivity index (χ3v) is 13.5. The molecule has 2 saturated heterocycles. The smallest absolute Gasteiger partial charge is 0.407 e. The molecule has 0 spiro atoms. The number of imidazole rings is 2. The van der Waals surface area contributed by atoms with Crippen molar-refractivity contribution in [2.24, 2.45) is 11.8 Å². The largest absolute Gasteiger partial charge is 0.453 e. The molecule has 1 aliphatic carbocycles. The van der Waals surface area contributed by atoms with Gasteiger partial charge in [0.25, 0.3) is 5.91 Å². The highest BCUT2D eigenvalue weighted by Gasteiger charge is 2.51. The topological polar surface area (TPSA) is 175 Å². The van der Waals surface area contributed by atoms with Crippen LogP contribution >= 0.6 is 0 Å². The van der Waals surface area contributed by atoms with Crippen LogP contribution in [0.4, 0.5) is 9.59 Å². The second kappa shape index (κ2) is 16.1. The van der Waals surface area contributed by atoms with Crippen molar-refractivity contribution in [2.75, 3.05) is 20.8 Å². The minimum absolute atomic E-state index is 0.0632. The summed E-state index contributed by atoms with van der Waals surface area (Å²) in [5, 5.41) is 9.72. The molecule has 2 bridgehead atoms. The second-order valence-corrected chi connectivity index (χ2v) is 17.5. The molecule has 2 aromatic heterocycles. The number of rotatable bonds is 9. The number of nitrogens with zero attached hydrogens (tertiary/aromatic N) is 4. The Morgan fingerprint density at radius 1 is 0.714 bits per heavy atom. The first-order valence-electron chi connectivity index (χ1n) is 21.8. The van der Waals surface area contributed by atoms with Gasteiger partial charge in [0.15, 0.2) is 0 Å². The van der Waals surface area contributed by atoms with E-state index in [0.717, 1.165) is 98.5 Å². The van der Waals surface area contributed by atoms with Crippen molar-refractivity contribution in [1.82, 2.24) is 40.4 Å². The standard InChI is InChI=1S/C49H50N8O6/c1-26(2)39(54-48(60)62-3)46(58)56-22-8-11-38(56)44-50-36-20-15-30-23-28(13-18-34(30)41(36)52-44)29-14-19-35-31(24-29)16-21-37-42(35)53-45(51-37)43-32-12-17-33(25-32)57(43)47(59)40(55-49(61)63-4)27-9-6-5-7-10-27/h5-7,9-10,13-16,18-21,23-24,26,32-33,38-40,43H,8,11-12,17,22,25H2,1-4H3,(H,50,52)(H,51,53)(H,54,60)(H,55,61)/t32-,33+,38-,39-,40+,43-/m0/s1. The lowest BCUT2D eigenvalue weighted by Crippen LogP contribution is -2.51. The van der Waals surface area contributed by atoms with Crippen molar-refractivity contribution in [2.45, 2.75) is 76.2 Å². The van der Waals surface area contributed by atoms with Crippen LogP contribution in [0.5, 0.6) is 0 Å². The van der Waals surface area contributed by atoms with Crippen LogP contribution in [0.1, 0.15) is 81.3 Å². The molecule has 5 aromatic carbocycles. The van der Waals surface area contributed by atoms with Crippen molar-refractivity contribution >= 4 is 67.6 Å². The number of carbonyl (C=O) groups is 4. The van der Waals surface area contributed by atoms with Crippen LogP contribution in [-0.4, -0.2) is 86.6 Å². The van der Waals surface area contributed by atoms with Crippen LogP contribution in [0.25, 0.3) is 54.7 Å². The zero-order valence-electron chi connectivity index (χ0n) is 35.7. The predicted molar refractivity (Wildman–Crippen MR) is 239 cm³/mol. The first-order valence-corrected chi connectivity index (χ1v) is 21.8. The third kappa shape index (κ3) is 7.07. The summed E-state index contributed by atoms with van der Waals surface area (Å²) in [6.07, 6.45) is 3.16. The molecule has 1 saturated carbocycles. The number of ether oxygens (including phenoxy) is 2. The normalized spacial score (nSPS) is 20.5. The van der Waals surface area contributed by atoms with Crippen molar-refractivity contribution in [3.05, 3.63) is 108 Å². The first kappa shape index (κ1) is 40.1. The number of benzene rings is 5. The lowest BCUT2D eigenvalue weighted by atomic mass is 9.96. The Hall–Kier alpha value is -6.96. The molecule has 3 aliphatic rings. The van der Waals surface area contributed by atoms with Gasteiger partial charge in [-0.2, -0.15) is 0 Å². The Morgan fingerprint density at radius 3 is 1.97 bits per heavy atom. The van der Waals surface area contributed by atoms with Crippen LogP contribution in [-0.2, 0) is 19.1 Å². The number of alkyl carbamates (subject to hydrolysis) is 2. The van der Waals surface area contributed by atoms with E-state index in [1.807, 2.05) is 66.1 Å². The number of piperidine rings is 1. The van der Waals surface area contributed by atoms with Crippen LogP contribution < -0.4 is 10.6 Å². The predicted octanol–water partition coefficient (Wildman–Crippen LogP) is 8.61. The van der Waals surface area contributed by atoms with Crippen molar-refractivity contribution in [3.8, 4) is 11.1 Å². The van der Waals surface area contributed by atoms with Crippen molar-refractivity contribution < 1.29 is 28.7 Å². The van der Waals surface area contributed by atoms with Crippen LogP contribution in [0.3, 0.4) is 0 Å². The number of likely N-dealkylation sites (tertiary alicyclic amines) is 2. The molecule has 4 N–H and O–H groups in total. The highest BCUT2D eigenvalue weighted by molar-refractivity contribution is 6.07. The number of amides is 4. The number of methoxy groups -OCH3 is 2. The maximum absolute atomic E-state index is 14.5. The fraction of sp³-hybridized carbons (Fsp3) is 0.347. The van der Waals surface area contributed by atoms with E-state index in [1.165, 1.54) is 14.2 Å². The Labute approximate surface area is 363 Å². The molecule has 7 aromatic rings. The van der Waals surface area contributed by atoms with Gasteiger partial charge in [0, 0.05) is 23.4 Å². The molecule has 2 aliphatic heterocycles. The van der Waals surface area contributed by atoms with Gasteiger partial charge in [0.05, 0.1) is 48.4 Å². The quantitative estimate of drug-likeness (QED) is 0.112. The van der Waals surface area contributed by atoms with Gasteiger partial charge < -0.3 is 39.9 Å². The maximum atomic E-state index is 14.5. The number of hydrogen-bond donors (Lipinski definition) is 4. The number of fused-ring (bicyclic) bond motifs is 8. The summed E-state index contributed by atoms with van der Waals surface area (Å²) < 4.78 is 9.72. The molecule has 3 fully saturated rings. The summed E-state index contributed by atoms with van der Waals surface area (Å²) in [6.45, 7) is 4.41. The third-order valence-electron chi connectivity index (χ3n) is 13.5. The minimum atomic E-state index is -0.885. The van der Waals surface area contributed by atoms with E-state index in [2.05, 4.69) is 69.1 Å². The fourth-order valence-electron chi connectivity index (χ4n) is 10.4. The summed E-state index contributed by atoms with van der Waals surface area (Å²) in [4.78, 5) is 73.9. The average Bonchev–Trinajstić information content (AvgIpc) is 4.17. The Balaban J connectivity index is 0.925. The molecule has 4 heterocycles. The zero-order valence-corrected chi connectivity index (χ0v) is 35.7. The highest BCUT2D eigenvalue weighted by atomic mass is 16.5. The van der Waals surface area contributed by atoms with Gasteiger partial charge in [-0.15, -0.1) is 0 Å².